The second-order valence-electron chi connectivity index (χ2n) is 4.81. The lowest BCUT2D eigenvalue weighted by atomic mass is 10.2. The molecule has 1 amide bonds. The molecule has 0 saturated heterocycles. The first-order valence-corrected chi connectivity index (χ1v) is 7.31. The van der Waals surface area contributed by atoms with Crippen LogP contribution in [0.25, 0.3) is 17.1 Å². The molecule has 23 heavy (non-hydrogen) atoms. The first kappa shape index (κ1) is 15.1. The SMILES string of the molecule is COc1ccc(Cl)cc1/C=C/C(=O)Nc1nc2ccccc2[nH]1. The predicted octanol–water partition coefficient (Wildman–Crippen LogP) is 3.88. The number of benzene rings is 2. The van der Waals surface area contributed by atoms with E-state index in [1.807, 2.05) is 24.3 Å². The smallest absolute Gasteiger partial charge is 0.250 e. The van der Waals surface area contributed by atoms with E-state index in [-0.39, 0.29) is 5.91 Å². The van der Waals surface area contributed by atoms with Crippen LogP contribution in [0.3, 0.4) is 0 Å². The van der Waals surface area contributed by atoms with E-state index in [1.54, 1.807) is 31.4 Å². The third-order valence-corrected chi connectivity index (χ3v) is 3.47. The van der Waals surface area contributed by atoms with Crippen LogP contribution in [-0.4, -0.2) is 23.0 Å². The number of fused-ring (bicyclic) bond motifs is 1. The van der Waals surface area contributed by atoms with Crippen LogP contribution in [0.1, 0.15) is 5.56 Å². The quantitative estimate of drug-likeness (QED) is 0.715. The normalized spacial score (nSPS) is 11.0. The molecule has 1 aromatic heterocycles. The summed E-state index contributed by atoms with van der Waals surface area (Å²) in [4.78, 5) is 19.3. The fourth-order valence-electron chi connectivity index (χ4n) is 2.17. The number of methoxy groups -OCH3 is 1. The summed E-state index contributed by atoms with van der Waals surface area (Å²) in [6.45, 7) is 0. The number of aromatic nitrogens is 2. The second-order valence-corrected chi connectivity index (χ2v) is 5.25. The van der Waals surface area contributed by atoms with Crippen molar-refractivity contribution in [3.8, 4) is 5.75 Å². The number of halogens is 1. The standard InChI is InChI=1S/C17H14ClN3O2/c1-23-15-8-7-12(18)10-11(15)6-9-16(22)21-17-19-13-4-2-3-5-14(13)20-17/h2-10H,1H3,(H2,19,20,21,22)/b9-6+. The summed E-state index contributed by atoms with van der Waals surface area (Å²) >= 11 is 5.96. The maximum Gasteiger partial charge on any atom is 0.250 e. The van der Waals surface area contributed by atoms with Gasteiger partial charge in [-0.2, -0.15) is 0 Å². The minimum Gasteiger partial charge on any atom is -0.496 e. The topological polar surface area (TPSA) is 67.0 Å². The van der Waals surface area contributed by atoms with Gasteiger partial charge in [0.1, 0.15) is 5.75 Å². The molecule has 0 spiro atoms. The van der Waals surface area contributed by atoms with E-state index in [0.29, 0.717) is 16.7 Å². The third-order valence-electron chi connectivity index (χ3n) is 3.24. The van der Waals surface area contributed by atoms with Crippen molar-refractivity contribution in [2.45, 2.75) is 0 Å². The van der Waals surface area contributed by atoms with Crippen molar-refractivity contribution in [3.63, 3.8) is 0 Å². The van der Waals surface area contributed by atoms with Gasteiger partial charge in [-0.3, -0.25) is 10.1 Å². The van der Waals surface area contributed by atoms with Crippen LogP contribution in [0, 0.1) is 0 Å². The number of hydrogen-bond donors (Lipinski definition) is 2. The van der Waals surface area contributed by atoms with Crippen LogP contribution in [0.5, 0.6) is 5.75 Å². The minimum atomic E-state index is -0.300. The Kier molecular flexibility index (Phi) is 4.30. The van der Waals surface area contributed by atoms with Gasteiger partial charge in [-0.05, 0) is 36.4 Å². The molecule has 1 heterocycles. The van der Waals surface area contributed by atoms with Crippen LogP contribution in [-0.2, 0) is 4.79 Å². The van der Waals surface area contributed by atoms with Crippen LogP contribution < -0.4 is 10.1 Å². The number of ether oxygens (including phenoxy) is 1. The highest BCUT2D eigenvalue weighted by atomic mass is 35.5. The van der Waals surface area contributed by atoms with Crippen molar-refractivity contribution in [2.24, 2.45) is 0 Å². The Morgan fingerprint density at radius 2 is 2.13 bits per heavy atom. The number of anilines is 1. The summed E-state index contributed by atoms with van der Waals surface area (Å²) in [6, 6.07) is 12.8. The zero-order valence-electron chi connectivity index (χ0n) is 12.3. The summed E-state index contributed by atoms with van der Waals surface area (Å²) in [5.41, 5.74) is 2.38. The molecule has 6 heteroatoms. The molecule has 0 aliphatic heterocycles. The summed E-state index contributed by atoms with van der Waals surface area (Å²) < 4.78 is 5.23. The number of nitrogens with one attached hydrogen (secondary N) is 2. The minimum absolute atomic E-state index is 0.300. The molecule has 2 N–H and O–H groups in total. The Morgan fingerprint density at radius 3 is 2.91 bits per heavy atom. The van der Waals surface area contributed by atoms with Crippen LogP contribution >= 0.6 is 11.6 Å². The van der Waals surface area contributed by atoms with Gasteiger partial charge in [-0.15, -0.1) is 0 Å². The van der Waals surface area contributed by atoms with E-state index in [1.165, 1.54) is 6.08 Å². The zero-order valence-corrected chi connectivity index (χ0v) is 13.1. The number of amides is 1. The van der Waals surface area contributed by atoms with Crippen LogP contribution in [0.15, 0.2) is 48.5 Å². The van der Waals surface area contributed by atoms with E-state index >= 15 is 0 Å². The Morgan fingerprint density at radius 1 is 1.30 bits per heavy atom. The maximum absolute atomic E-state index is 12.0. The van der Waals surface area contributed by atoms with Gasteiger partial charge in [-0.1, -0.05) is 23.7 Å². The second kappa shape index (κ2) is 6.54. The van der Waals surface area contributed by atoms with Gasteiger partial charge in [-0.25, -0.2) is 4.98 Å². The molecule has 0 unspecified atom stereocenters. The number of aromatic amines is 1. The molecule has 0 aliphatic carbocycles. The van der Waals surface area contributed by atoms with Gasteiger partial charge in [0.2, 0.25) is 5.95 Å². The summed E-state index contributed by atoms with van der Waals surface area (Å²) in [5.74, 6) is 0.743. The number of carbonyl (C=O) groups is 1. The highest BCUT2D eigenvalue weighted by Gasteiger charge is 2.05. The molecule has 2 aromatic carbocycles. The molecule has 116 valence electrons. The number of nitrogens with zero attached hydrogens (tertiary/aromatic N) is 1. The van der Waals surface area contributed by atoms with E-state index < -0.39 is 0 Å². The van der Waals surface area contributed by atoms with Gasteiger partial charge in [0.15, 0.2) is 0 Å². The fraction of sp³-hybridized carbons (Fsp3) is 0.0588. The van der Waals surface area contributed by atoms with Gasteiger partial charge in [0, 0.05) is 16.7 Å². The predicted molar refractivity (Wildman–Crippen MR) is 91.8 cm³/mol. The van der Waals surface area contributed by atoms with Crippen molar-refractivity contribution in [1.82, 2.24) is 9.97 Å². The highest BCUT2D eigenvalue weighted by Crippen LogP contribution is 2.23. The molecule has 3 rings (SSSR count). The maximum atomic E-state index is 12.0. The Labute approximate surface area is 137 Å². The molecule has 0 aliphatic rings. The van der Waals surface area contributed by atoms with Gasteiger partial charge in [0.25, 0.3) is 5.91 Å². The van der Waals surface area contributed by atoms with Gasteiger partial charge in [0.05, 0.1) is 18.1 Å². The third kappa shape index (κ3) is 3.52. The van der Waals surface area contributed by atoms with Crippen molar-refractivity contribution < 1.29 is 9.53 Å². The molecule has 0 radical (unpaired) electrons. The average Bonchev–Trinajstić information content (AvgIpc) is 2.95. The van der Waals surface area contributed by atoms with E-state index in [4.69, 9.17) is 16.3 Å². The zero-order chi connectivity index (χ0) is 16.2. The number of hydrogen-bond acceptors (Lipinski definition) is 3. The molecule has 0 atom stereocenters. The van der Waals surface area contributed by atoms with E-state index in [0.717, 1.165) is 16.6 Å². The van der Waals surface area contributed by atoms with Gasteiger partial charge >= 0.3 is 0 Å². The molecule has 0 bridgehead atoms. The Balaban J connectivity index is 1.75. The molecule has 0 saturated carbocycles. The summed E-state index contributed by atoms with van der Waals surface area (Å²) in [7, 11) is 1.56. The van der Waals surface area contributed by atoms with E-state index in [2.05, 4.69) is 15.3 Å². The van der Waals surface area contributed by atoms with Crippen LogP contribution in [0.2, 0.25) is 5.02 Å². The molecule has 0 fully saturated rings. The fourth-order valence-corrected chi connectivity index (χ4v) is 2.35. The number of rotatable bonds is 4. The summed E-state index contributed by atoms with van der Waals surface area (Å²) in [5, 5.41) is 3.26. The van der Waals surface area contributed by atoms with Crippen molar-refractivity contribution in [3.05, 3.63) is 59.1 Å². The lowest BCUT2D eigenvalue weighted by molar-refractivity contribution is -0.111. The van der Waals surface area contributed by atoms with Crippen LogP contribution in [0.4, 0.5) is 5.95 Å². The monoisotopic (exact) mass is 327 g/mol. The number of carbonyl (C=O) groups excluding carboxylic acids is 1. The van der Waals surface area contributed by atoms with Crippen molar-refractivity contribution in [1.29, 1.82) is 0 Å². The lowest BCUT2D eigenvalue weighted by Crippen LogP contribution is -2.08. The average molecular weight is 328 g/mol. The molecule has 3 aromatic rings. The molecule has 5 nitrogen and oxygen atoms in total. The Bertz CT molecular complexity index is 853. The Hall–Kier alpha value is -2.79. The summed E-state index contributed by atoms with van der Waals surface area (Å²) in [6.07, 6.45) is 3.05. The highest BCUT2D eigenvalue weighted by molar-refractivity contribution is 6.30. The van der Waals surface area contributed by atoms with Gasteiger partial charge < -0.3 is 9.72 Å². The lowest BCUT2D eigenvalue weighted by Gasteiger charge is -2.04. The molecular weight excluding hydrogens is 314 g/mol. The number of imidazole rings is 1. The number of para-hydroxylation sites is 2. The first-order valence-electron chi connectivity index (χ1n) is 6.93. The first-order chi connectivity index (χ1) is 11.2. The van der Waals surface area contributed by atoms with Crippen molar-refractivity contribution in [2.75, 3.05) is 12.4 Å². The van der Waals surface area contributed by atoms with E-state index in [9.17, 15) is 4.79 Å². The number of H-pyrrole nitrogens is 1. The molecular formula is C17H14ClN3O2. The van der Waals surface area contributed by atoms with Crippen molar-refractivity contribution >= 4 is 40.6 Å². The largest absolute Gasteiger partial charge is 0.496 e.